The van der Waals surface area contributed by atoms with Crippen LogP contribution < -0.4 is 9.47 Å². The molecule has 8 heteroatoms. The van der Waals surface area contributed by atoms with E-state index in [1.807, 2.05) is 48.5 Å². The van der Waals surface area contributed by atoms with Gasteiger partial charge >= 0.3 is 0 Å². The zero-order valence-corrected chi connectivity index (χ0v) is 21.8. The Balaban J connectivity index is 1.32. The largest absolute Gasteiger partial charge is 0.484 e. The molecule has 5 aliphatic rings. The molecule has 7 rings (SSSR count). The first-order chi connectivity index (χ1) is 16.6. The van der Waals surface area contributed by atoms with Crippen molar-refractivity contribution in [2.75, 3.05) is 0 Å². The van der Waals surface area contributed by atoms with E-state index in [2.05, 4.69) is 0 Å². The van der Waals surface area contributed by atoms with Crippen molar-refractivity contribution in [3.63, 3.8) is 0 Å². The highest BCUT2D eigenvalue weighted by Crippen LogP contribution is 2.76. The number of ketones is 2. The molecule has 2 saturated carbocycles. The molecule has 2 aliphatic carbocycles. The summed E-state index contributed by atoms with van der Waals surface area (Å²) >= 11 is 0. The van der Waals surface area contributed by atoms with Crippen LogP contribution in [0.15, 0.2) is 48.5 Å². The molecule has 0 aromatic heterocycles. The molecule has 3 fully saturated rings. The summed E-state index contributed by atoms with van der Waals surface area (Å²) in [5, 5.41) is 0. The summed E-state index contributed by atoms with van der Waals surface area (Å²) in [5.41, 5.74) is 0.220. The van der Waals surface area contributed by atoms with Crippen molar-refractivity contribution in [1.82, 2.24) is 0 Å². The summed E-state index contributed by atoms with van der Waals surface area (Å²) in [6, 6.07) is 15.3. The standard InChI is InChI=1S/C26H24O4S4/c27-21-17-9-1-3-11-19(17)29-23(13-5-6-14-23)25(21)31-33-26(34-32-25)22(28)18-10-2-4-12-20(18)30-24(26)15-7-8-16-24/h1-4,9-12H,5-8,13-16H2. The van der Waals surface area contributed by atoms with Crippen molar-refractivity contribution >= 4 is 54.7 Å². The molecule has 0 amide bonds. The first kappa shape index (κ1) is 22.0. The van der Waals surface area contributed by atoms with E-state index in [9.17, 15) is 9.59 Å². The smallest absolute Gasteiger partial charge is 0.198 e. The lowest BCUT2D eigenvalue weighted by Gasteiger charge is -2.56. The SMILES string of the molecule is O=C1c2ccccc2OC2(CCCC2)C12SSC1(SS2)C(=O)c2ccccc2OC12CCCC2. The fourth-order valence-electron chi connectivity index (χ4n) is 6.28. The number of ether oxygens (including phenoxy) is 2. The van der Waals surface area contributed by atoms with Crippen molar-refractivity contribution in [2.45, 2.75) is 70.7 Å². The van der Waals surface area contributed by atoms with Crippen LogP contribution in [0, 0.1) is 0 Å². The van der Waals surface area contributed by atoms with Gasteiger partial charge in [0, 0.05) is 0 Å². The van der Waals surface area contributed by atoms with Crippen molar-refractivity contribution in [1.29, 1.82) is 0 Å². The van der Waals surface area contributed by atoms with Crippen LogP contribution in [0.2, 0.25) is 0 Å². The van der Waals surface area contributed by atoms with Crippen LogP contribution in [0.3, 0.4) is 0 Å². The monoisotopic (exact) mass is 528 g/mol. The van der Waals surface area contributed by atoms with Crippen LogP contribution in [0.25, 0.3) is 0 Å². The van der Waals surface area contributed by atoms with Gasteiger partial charge in [0.25, 0.3) is 0 Å². The molecule has 0 unspecified atom stereocenters. The maximum absolute atomic E-state index is 14.2. The van der Waals surface area contributed by atoms with Crippen LogP contribution in [0.1, 0.15) is 72.1 Å². The number of hydrogen-bond acceptors (Lipinski definition) is 8. The van der Waals surface area contributed by atoms with E-state index in [-0.39, 0.29) is 11.6 Å². The molecule has 4 nitrogen and oxygen atoms in total. The number of hydrogen-bond donors (Lipinski definition) is 0. The minimum absolute atomic E-state index is 0.131. The van der Waals surface area contributed by atoms with E-state index in [4.69, 9.17) is 9.47 Å². The molecule has 2 aromatic carbocycles. The molecule has 3 aliphatic heterocycles. The second-order valence-corrected chi connectivity index (χ2v) is 15.5. The highest BCUT2D eigenvalue weighted by molar-refractivity contribution is 8.94. The quantitative estimate of drug-likeness (QED) is 0.329. The molecule has 176 valence electrons. The Morgan fingerprint density at radius 2 is 0.912 bits per heavy atom. The molecule has 0 radical (unpaired) electrons. The molecule has 3 heterocycles. The van der Waals surface area contributed by atoms with Crippen molar-refractivity contribution < 1.29 is 19.1 Å². The number of para-hydroxylation sites is 2. The lowest BCUT2D eigenvalue weighted by molar-refractivity contribution is 0.0397. The number of carbonyl (C=O) groups is 2. The third-order valence-corrected chi connectivity index (χ3v) is 17.1. The summed E-state index contributed by atoms with van der Waals surface area (Å²) in [4.78, 5) is 28.3. The minimum Gasteiger partial charge on any atom is -0.484 e. The Labute approximate surface area is 214 Å². The summed E-state index contributed by atoms with van der Waals surface area (Å²) < 4.78 is 11.9. The van der Waals surface area contributed by atoms with Crippen LogP contribution in [-0.2, 0) is 0 Å². The third kappa shape index (κ3) is 2.69. The van der Waals surface area contributed by atoms with E-state index >= 15 is 0 Å². The lowest BCUT2D eigenvalue weighted by atomic mass is 9.87. The zero-order chi connectivity index (χ0) is 23.0. The fourth-order valence-corrected chi connectivity index (χ4v) is 16.7. The van der Waals surface area contributed by atoms with Gasteiger partial charge in [0.15, 0.2) is 19.7 Å². The Bertz CT molecular complexity index is 1100. The van der Waals surface area contributed by atoms with Gasteiger partial charge in [-0.05, 0) is 75.6 Å². The summed E-state index contributed by atoms with van der Waals surface area (Å²) in [6.45, 7) is 0. The fraction of sp³-hybridized carbons (Fsp3) is 0.462. The normalized spacial score (nSPS) is 32.6. The van der Waals surface area contributed by atoms with Crippen LogP contribution in [-0.4, -0.2) is 30.9 Å². The van der Waals surface area contributed by atoms with Gasteiger partial charge in [-0.3, -0.25) is 9.59 Å². The van der Waals surface area contributed by atoms with E-state index in [1.54, 1.807) is 43.2 Å². The Morgan fingerprint density at radius 3 is 1.29 bits per heavy atom. The van der Waals surface area contributed by atoms with E-state index in [0.29, 0.717) is 22.6 Å². The van der Waals surface area contributed by atoms with Gasteiger partial charge in [0.05, 0.1) is 11.1 Å². The van der Waals surface area contributed by atoms with E-state index in [1.165, 1.54) is 0 Å². The second kappa shape index (κ2) is 7.64. The average Bonchev–Trinajstić information content (AvgIpc) is 3.54. The zero-order valence-electron chi connectivity index (χ0n) is 18.5. The highest BCUT2D eigenvalue weighted by atomic mass is 33.2. The molecule has 2 aromatic rings. The molecular formula is C26H24O4S4. The summed E-state index contributed by atoms with van der Waals surface area (Å²) in [7, 11) is 6.33. The van der Waals surface area contributed by atoms with Gasteiger partial charge in [-0.15, -0.1) is 0 Å². The van der Waals surface area contributed by atoms with Crippen LogP contribution in [0.4, 0.5) is 0 Å². The predicted octanol–water partition coefficient (Wildman–Crippen LogP) is 7.33. The maximum Gasteiger partial charge on any atom is 0.198 e. The molecule has 0 atom stereocenters. The van der Waals surface area contributed by atoms with Crippen molar-refractivity contribution in [3.8, 4) is 11.5 Å². The Hall–Kier alpha value is -1.22. The van der Waals surface area contributed by atoms with E-state index < -0.39 is 19.4 Å². The van der Waals surface area contributed by atoms with Crippen molar-refractivity contribution in [3.05, 3.63) is 59.7 Å². The first-order valence-corrected chi connectivity index (χ1v) is 16.2. The molecule has 0 N–H and O–H groups in total. The Morgan fingerprint density at radius 1 is 0.559 bits per heavy atom. The molecule has 1 saturated heterocycles. The number of rotatable bonds is 0. The van der Waals surface area contributed by atoms with E-state index in [0.717, 1.165) is 51.4 Å². The first-order valence-electron chi connectivity index (χ1n) is 11.9. The van der Waals surface area contributed by atoms with Gasteiger partial charge in [0.1, 0.15) is 22.7 Å². The van der Waals surface area contributed by atoms with Gasteiger partial charge < -0.3 is 9.47 Å². The van der Waals surface area contributed by atoms with Gasteiger partial charge in [-0.25, -0.2) is 0 Å². The number of fused-ring (bicyclic) bond motifs is 4. The summed E-state index contributed by atoms with van der Waals surface area (Å²) in [5.74, 6) is 1.67. The summed E-state index contributed by atoms with van der Waals surface area (Å²) in [6.07, 6.45) is 7.66. The van der Waals surface area contributed by atoms with Crippen LogP contribution >= 0.6 is 43.2 Å². The number of Topliss-reactive ketones (excluding diaryl/α,β-unsaturated/α-hetero) is 2. The van der Waals surface area contributed by atoms with Gasteiger partial charge in [-0.1, -0.05) is 67.4 Å². The highest BCUT2D eigenvalue weighted by Gasteiger charge is 2.72. The molecule has 34 heavy (non-hydrogen) atoms. The second-order valence-electron chi connectivity index (χ2n) is 9.82. The van der Waals surface area contributed by atoms with Crippen LogP contribution in [0.5, 0.6) is 11.5 Å². The Kier molecular flexibility index (Phi) is 4.95. The predicted molar refractivity (Wildman–Crippen MR) is 141 cm³/mol. The maximum atomic E-state index is 14.2. The molecule has 0 bridgehead atoms. The number of benzene rings is 2. The topological polar surface area (TPSA) is 52.6 Å². The molecule has 4 spiro atoms. The van der Waals surface area contributed by atoms with Crippen molar-refractivity contribution in [2.24, 2.45) is 0 Å². The average molecular weight is 529 g/mol. The lowest BCUT2D eigenvalue weighted by Crippen LogP contribution is -2.64. The van der Waals surface area contributed by atoms with Gasteiger partial charge in [0.2, 0.25) is 0 Å². The third-order valence-electron chi connectivity index (χ3n) is 8.05. The number of carbonyl (C=O) groups excluding carboxylic acids is 2. The minimum atomic E-state index is -0.782. The molecular weight excluding hydrogens is 505 g/mol. The van der Waals surface area contributed by atoms with Gasteiger partial charge in [-0.2, -0.15) is 0 Å².